The summed E-state index contributed by atoms with van der Waals surface area (Å²) in [6, 6.07) is 6.26. The van der Waals surface area contributed by atoms with Gasteiger partial charge < -0.3 is 9.42 Å². The normalized spacial score (nSPS) is 19.8. The molecule has 4 nitrogen and oxygen atoms in total. The first kappa shape index (κ1) is 13.0. The van der Waals surface area contributed by atoms with Crippen molar-refractivity contribution in [2.75, 3.05) is 6.54 Å². The summed E-state index contributed by atoms with van der Waals surface area (Å²) < 4.78 is 42.9. The molecule has 2 heterocycles. The van der Waals surface area contributed by atoms with Gasteiger partial charge in [0.25, 0.3) is 0 Å². The molecule has 1 amide bonds. The van der Waals surface area contributed by atoms with Crippen LogP contribution in [0.2, 0.25) is 0 Å². The minimum atomic E-state index is -4.86. The summed E-state index contributed by atoms with van der Waals surface area (Å²) in [4.78, 5) is 12.3. The van der Waals surface area contributed by atoms with E-state index in [2.05, 4.69) is 5.16 Å². The van der Waals surface area contributed by atoms with Crippen molar-refractivity contribution in [3.05, 3.63) is 30.0 Å². The summed E-state index contributed by atoms with van der Waals surface area (Å²) in [5, 5.41) is 4.51. The Bertz CT molecular complexity index is 650. The van der Waals surface area contributed by atoms with Gasteiger partial charge in [0.2, 0.25) is 0 Å². The monoisotopic (exact) mass is 284 g/mol. The van der Waals surface area contributed by atoms with Gasteiger partial charge >= 0.3 is 12.1 Å². The largest absolute Gasteiger partial charge is 0.471 e. The second kappa shape index (κ2) is 4.50. The number of rotatable bonds is 1. The molecule has 1 aromatic heterocycles. The van der Waals surface area contributed by atoms with Crippen molar-refractivity contribution >= 4 is 16.9 Å². The van der Waals surface area contributed by atoms with E-state index in [1.165, 1.54) is 0 Å². The minimum Gasteiger partial charge on any atom is -0.356 e. The molecule has 1 atom stereocenters. The zero-order valence-corrected chi connectivity index (χ0v) is 10.4. The van der Waals surface area contributed by atoms with Crippen LogP contribution in [0.15, 0.2) is 28.8 Å². The second-order valence-electron chi connectivity index (χ2n) is 4.72. The maximum atomic E-state index is 12.6. The molecule has 0 saturated carbocycles. The van der Waals surface area contributed by atoms with Crippen molar-refractivity contribution in [2.24, 2.45) is 0 Å². The molecular weight excluding hydrogens is 273 g/mol. The Balaban J connectivity index is 1.99. The zero-order chi connectivity index (χ0) is 14.3. The molecule has 1 fully saturated rings. The van der Waals surface area contributed by atoms with E-state index in [4.69, 9.17) is 4.52 Å². The number of hydrogen-bond acceptors (Lipinski definition) is 3. The van der Waals surface area contributed by atoms with Crippen LogP contribution in [-0.4, -0.2) is 28.7 Å². The van der Waals surface area contributed by atoms with Crippen LogP contribution in [0.5, 0.6) is 0 Å². The quantitative estimate of drug-likeness (QED) is 0.808. The molecular formula is C13H11F3N2O2. The molecule has 0 bridgehead atoms. The van der Waals surface area contributed by atoms with E-state index < -0.39 is 18.1 Å². The standard InChI is InChI=1S/C13H11F3N2O2/c14-13(15,16)12(19)18-7-3-5-9(18)11-8-4-1-2-6-10(8)20-17-11/h1-2,4,6,9H,3,5,7H2/t9-/m1/s1. The fraction of sp³-hybridized carbons (Fsp3) is 0.385. The Morgan fingerprint density at radius 3 is 2.85 bits per heavy atom. The Kier molecular flexibility index (Phi) is 2.92. The number of para-hydroxylation sites is 1. The highest BCUT2D eigenvalue weighted by Gasteiger charge is 2.47. The number of benzene rings is 1. The van der Waals surface area contributed by atoms with Crippen LogP contribution in [0.25, 0.3) is 11.0 Å². The summed E-state index contributed by atoms with van der Waals surface area (Å²) in [5.74, 6) is -1.81. The van der Waals surface area contributed by atoms with Crippen molar-refractivity contribution in [3.63, 3.8) is 0 Å². The lowest BCUT2D eigenvalue weighted by molar-refractivity contribution is -0.186. The molecule has 0 N–H and O–H groups in total. The van der Waals surface area contributed by atoms with E-state index in [9.17, 15) is 18.0 Å². The number of alkyl halides is 3. The summed E-state index contributed by atoms with van der Waals surface area (Å²) in [6.45, 7) is 0.0875. The number of likely N-dealkylation sites (tertiary alicyclic amines) is 1. The summed E-state index contributed by atoms with van der Waals surface area (Å²) in [5.41, 5.74) is 0.907. The highest BCUT2D eigenvalue weighted by Crippen LogP contribution is 2.37. The average molecular weight is 284 g/mol. The minimum absolute atomic E-state index is 0.0875. The predicted molar refractivity (Wildman–Crippen MR) is 63.8 cm³/mol. The zero-order valence-electron chi connectivity index (χ0n) is 10.4. The van der Waals surface area contributed by atoms with Crippen LogP contribution in [0, 0.1) is 0 Å². The second-order valence-corrected chi connectivity index (χ2v) is 4.72. The molecule has 1 aliphatic rings. The number of amides is 1. The van der Waals surface area contributed by atoms with Crippen molar-refractivity contribution in [2.45, 2.75) is 25.1 Å². The molecule has 2 aromatic rings. The van der Waals surface area contributed by atoms with Crippen LogP contribution < -0.4 is 0 Å². The van der Waals surface area contributed by atoms with E-state index in [-0.39, 0.29) is 6.54 Å². The van der Waals surface area contributed by atoms with Crippen LogP contribution in [0.1, 0.15) is 24.6 Å². The van der Waals surface area contributed by atoms with Crippen molar-refractivity contribution < 1.29 is 22.5 Å². The molecule has 3 rings (SSSR count). The molecule has 0 radical (unpaired) electrons. The van der Waals surface area contributed by atoms with E-state index in [0.717, 1.165) is 4.90 Å². The first-order valence-electron chi connectivity index (χ1n) is 6.20. The van der Waals surface area contributed by atoms with Crippen molar-refractivity contribution in [1.82, 2.24) is 10.1 Å². The van der Waals surface area contributed by atoms with Crippen LogP contribution in [0.3, 0.4) is 0 Å². The van der Waals surface area contributed by atoms with Gasteiger partial charge in [-0.05, 0) is 25.0 Å². The molecule has 1 aromatic carbocycles. The lowest BCUT2D eigenvalue weighted by Crippen LogP contribution is -2.40. The van der Waals surface area contributed by atoms with Gasteiger partial charge in [-0.1, -0.05) is 17.3 Å². The van der Waals surface area contributed by atoms with Gasteiger partial charge in [0.1, 0.15) is 5.69 Å². The molecule has 0 unspecified atom stereocenters. The molecule has 20 heavy (non-hydrogen) atoms. The van der Waals surface area contributed by atoms with Gasteiger partial charge in [-0.25, -0.2) is 0 Å². The smallest absolute Gasteiger partial charge is 0.356 e. The topological polar surface area (TPSA) is 46.3 Å². The average Bonchev–Trinajstić information content (AvgIpc) is 3.02. The molecule has 1 saturated heterocycles. The predicted octanol–water partition coefficient (Wildman–Crippen LogP) is 3.05. The Hall–Kier alpha value is -2.05. The van der Waals surface area contributed by atoms with Gasteiger partial charge in [-0.3, -0.25) is 4.79 Å². The van der Waals surface area contributed by atoms with E-state index >= 15 is 0 Å². The first-order chi connectivity index (χ1) is 9.48. The number of nitrogens with zero attached hydrogens (tertiary/aromatic N) is 2. The van der Waals surface area contributed by atoms with Crippen LogP contribution >= 0.6 is 0 Å². The summed E-state index contributed by atoms with van der Waals surface area (Å²) >= 11 is 0. The van der Waals surface area contributed by atoms with Crippen molar-refractivity contribution in [3.8, 4) is 0 Å². The van der Waals surface area contributed by atoms with Crippen LogP contribution in [-0.2, 0) is 4.79 Å². The number of fused-ring (bicyclic) bond motifs is 1. The van der Waals surface area contributed by atoms with Gasteiger partial charge in [0.05, 0.1) is 6.04 Å². The highest BCUT2D eigenvalue weighted by molar-refractivity contribution is 5.84. The first-order valence-corrected chi connectivity index (χ1v) is 6.20. The van der Waals surface area contributed by atoms with E-state index in [1.807, 2.05) is 0 Å². The lowest BCUT2D eigenvalue weighted by Gasteiger charge is -2.24. The number of carbonyl (C=O) groups excluding carboxylic acids is 1. The third kappa shape index (κ3) is 2.03. The molecule has 1 aliphatic heterocycles. The molecule has 106 valence electrons. The van der Waals surface area contributed by atoms with Gasteiger partial charge in [0, 0.05) is 11.9 Å². The fourth-order valence-corrected chi connectivity index (χ4v) is 2.60. The molecule has 0 spiro atoms. The van der Waals surface area contributed by atoms with Gasteiger partial charge in [-0.2, -0.15) is 13.2 Å². The maximum absolute atomic E-state index is 12.6. The van der Waals surface area contributed by atoms with Gasteiger partial charge in [0.15, 0.2) is 5.58 Å². The Morgan fingerprint density at radius 1 is 1.35 bits per heavy atom. The molecule has 0 aliphatic carbocycles. The van der Waals surface area contributed by atoms with E-state index in [1.54, 1.807) is 24.3 Å². The fourth-order valence-electron chi connectivity index (χ4n) is 2.60. The number of halogens is 3. The van der Waals surface area contributed by atoms with E-state index in [0.29, 0.717) is 29.5 Å². The van der Waals surface area contributed by atoms with Gasteiger partial charge in [-0.15, -0.1) is 0 Å². The third-order valence-corrected chi connectivity index (χ3v) is 3.48. The highest BCUT2D eigenvalue weighted by atomic mass is 19.4. The number of hydrogen-bond donors (Lipinski definition) is 0. The van der Waals surface area contributed by atoms with Crippen LogP contribution in [0.4, 0.5) is 13.2 Å². The SMILES string of the molecule is O=C(N1CCC[C@@H]1c1noc2ccccc12)C(F)(F)F. The lowest BCUT2D eigenvalue weighted by atomic mass is 10.1. The number of carbonyl (C=O) groups is 1. The molecule has 7 heteroatoms. The summed E-state index contributed by atoms with van der Waals surface area (Å²) in [6.07, 6.45) is -3.88. The summed E-state index contributed by atoms with van der Waals surface area (Å²) in [7, 11) is 0. The van der Waals surface area contributed by atoms with Crippen molar-refractivity contribution in [1.29, 1.82) is 0 Å². The Labute approximate surface area is 112 Å². The maximum Gasteiger partial charge on any atom is 0.471 e. The third-order valence-electron chi connectivity index (χ3n) is 3.48. The Morgan fingerprint density at radius 2 is 2.10 bits per heavy atom. The number of aromatic nitrogens is 1.